The normalized spacial score (nSPS) is 10.4. The van der Waals surface area contributed by atoms with Crippen molar-refractivity contribution in [2.24, 2.45) is 0 Å². The first-order valence-corrected chi connectivity index (χ1v) is 9.00. The fourth-order valence-corrected chi connectivity index (χ4v) is 2.78. The summed E-state index contributed by atoms with van der Waals surface area (Å²) in [6.07, 6.45) is 0. The summed E-state index contributed by atoms with van der Waals surface area (Å²) in [6, 6.07) is 17.5. The van der Waals surface area contributed by atoms with E-state index in [4.69, 9.17) is 11.6 Å². The Labute approximate surface area is 167 Å². The number of rotatable bonds is 5. The minimum absolute atomic E-state index is 0.261. The fraction of sp³-hybridized carbons (Fsp3) is 0.0909. The van der Waals surface area contributed by atoms with Crippen LogP contribution in [0.15, 0.2) is 66.7 Å². The van der Waals surface area contributed by atoms with Crippen molar-refractivity contribution < 1.29 is 14.0 Å². The number of halogens is 2. The average molecular weight is 397 g/mol. The summed E-state index contributed by atoms with van der Waals surface area (Å²) in [6.45, 7) is 2.13. The van der Waals surface area contributed by atoms with Gasteiger partial charge in [-0.2, -0.15) is 0 Å². The summed E-state index contributed by atoms with van der Waals surface area (Å²) >= 11 is 5.98. The molecule has 0 saturated carbocycles. The standard InChI is InChI=1S/C22H18ClFN2O2/c1-14-5-8-18(23)12-20(14)26-22(28)17-4-2-3-16(11-17)21(27)25-13-15-6-9-19(24)10-7-15/h2-12H,13H2,1H3,(H,25,27)(H,26,28). The summed E-state index contributed by atoms with van der Waals surface area (Å²) in [4.78, 5) is 24.9. The molecule has 3 aromatic carbocycles. The van der Waals surface area contributed by atoms with E-state index in [1.54, 1.807) is 42.5 Å². The van der Waals surface area contributed by atoms with Gasteiger partial charge in [-0.1, -0.05) is 35.9 Å². The van der Waals surface area contributed by atoms with Gasteiger partial charge in [0.05, 0.1) is 0 Å². The van der Waals surface area contributed by atoms with Crippen LogP contribution in [0.4, 0.5) is 10.1 Å². The molecule has 0 aliphatic heterocycles. The lowest BCUT2D eigenvalue weighted by atomic mass is 10.1. The summed E-state index contributed by atoms with van der Waals surface area (Å²) in [5.41, 5.74) is 2.99. The summed E-state index contributed by atoms with van der Waals surface area (Å²) in [5.74, 6) is -0.986. The predicted octanol–water partition coefficient (Wildman–Crippen LogP) is 4.97. The van der Waals surface area contributed by atoms with Crippen LogP contribution in [0.2, 0.25) is 5.02 Å². The Morgan fingerprint density at radius 1 is 0.929 bits per heavy atom. The van der Waals surface area contributed by atoms with E-state index < -0.39 is 0 Å². The molecule has 3 rings (SSSR count). The minimum Gasteiger partial charge on any atom is -0.348 e. The molecule has 0 saturated heterocycles. The number of carbonyl (C=O) groups is 2. The molecule has 3 aromatic rings. The summed E-state index contributed by atoms with van der Waals surface area (Å²) in [7, 11) is 0. The second-order valence-corrected chi connectivity index (χ2v) is 6.74. The molecule has 0 aromatic heterocycles. The molecule has 142 valence electrons. The Kier molecular flexibility index (Phi) is 6.06. The van der Waals surface area contributed by atoms with Gasteiger partial charge in [-0.3, -0.25) is 9.59 Å². The van der Waals surface area contributed by atoms with Crippen LogP contribution in [0.1, 0.15) is 31.8 Å². The quantitative estimate of drug-likeness (QED) is 0.639. The maximum Gasteiger partial charge on any atom is 0.255 e. The van der Waals surface area contributed by atoms with Gasteiger partial charge in [-0.25, -0.2) is 4.39 Å². The monoisotopic (exact) mass is 396 g/mol. The molecular weight excluding hydrogens is 379 g/mol. The Bertz CT molecular complexity index is 1020. The lowest BCUT2D eigenvalue weighted by Gasteiger charge is -2.10. The van der Waals surface area contributed by atoms with Gasteiger partial charge in [0.1, 0.15) is 5.82 Å². The molecule has 6 heteroatoms. The Morgan fingerprint density at radius 2 is 1.61 bits per heavy atom. The van der Waals surface area contributed by atoms with Crippen molar-refractivity contribution >= 4 is 29.1 Å². The molecule has 2 N–H and O–H groups in total. The van der Waals surface area contributed by atoms with Crippen molar-refractivity contribution in [3.63, 3.8) is 0 Å². The second-order valence-electron chi connectivity index (χ2n) is 6.30. The zero-order chi connectivity index (χ0) is 20.1. The molecule has 0 bridgehead atoms. The third-order valence-electron chi connectivity index (χ3n) is 4.20. The number of aryl methyl sites for hydroxylation is 1. The van der Waals surface area contributed by atoms with Crippen LogP contribution in [0, 0.1) is 12.7 Å². The molecular formula is C22H18ClFN2O2. The highest BCUT2D eigenvalue weighted by Gasteiger charge is 2.12. The van der Waals surface area contributed by atoms with Crippen LogP contribution >= 0.6 is 11.6 Å². The molecule has 0 spiro atoms. The SMILES string of the molecule is Cc1ccc(Cl)cc1NC(=O)c1cccc(C(=O)NCc2ccc(F)cc2)c1. The van der Waals surface area contributed by atoms with Gasteiger partial charge in [-0.15, -0.1) is 0 Å². The molecule has 28 heavy (non-hydrogen) atoms. The maximum atomic E-state index is 12.9. The number of hydrogen-bond acceptors (Lipinski definition) is 2. The van der Waals surface area contributed by atoms with Gasteiger partial charge in [0.2, 0.25) is 0 Å². The van der Waals surface area contributed by atoms with Crippen molar-refractivity contribution in [1.29, 1.82) is 0 Å². The minimum atomic E-state index is -0.335. The Hall–Kier alpha value is -3.18. The van der Waals surface area contributed by atoms with Crippen molar-refractivity contribution in [2.75, 3.05) is 5.32 Å². The number of nitrogens with one attached hydrogen (secondary N) is 2. The maximum absolute atomic E-state index is 12.9. The van der Waals surface area contributed by atoms with Gasteiger partial charge in [-0.05, 0) is 60.5 Å². The molecule has 0 unspecified atom stereocenters. The van der Waals surface area contributed by atoms with Crippen molar-refractivity contribution in [2.45, 2.75) is 13.5 Å². The third kappa shape index (κ3) is 4.96. The summed E-state index contributed by atoms with van der Waals surface area (Å²) < 4.78 is 12.9. The molecule has 4 nitrogen and oxygen atoms in total. The van der Waals surface area contributed by atoms with E-state index in [1.807, 2.05) is 13.0 Å². The Morgan fingerprint density at radius 3 is 2.32 bits per heavy atom. The van der Waals surface area contributed by atoms with Gasteiger partial charge < -0.3 is 10.6 Å². The first kappa shape index (κ1) is 19.6. The number of anilines is 1. The van der Waals surface area contributed by atoms with E-state index >= 15 is 0 Å². The molecule has 0 radical (unpaired) electrons. The first-order chi connectivity index (χ1) is 13.4. The van der Waals surface area contributed by atoms with Gasteiger partial charge >= 0.3 is 0 Å². The zero-order valence-electron chi connectivity index (χ0n) is 15.1. The van der Waals surface area contributed by atoms with Crippen LogP contribution in [-0.2, 0) is 6.54 Å². The molecule has 0 atom stereocenters. The van der Waals surface area contributed by atoms with Gasteiger partial charge in [0, 0.05) is 28.4 Å². The molecule has 0 heterocycles. The van der Waals surface area contributed by atoms with Crippen LogP contribution in [-0.4, -0.2) is 11.8 Å². The number of benzene rings is 3. The largest absolute Gasteiger partial charge is 0.348 e. The van der Waals surface area contributed by atoms with Crippen LogP contribution < -0.4 is 10.6 Å². The first-order valence-electron chi connectivity index (χ1n) is 8.62. The predicted molar refractivity (Wildman–Crippen MR) is 108 cm³/mol. The smallest absolute Gasteiger partial charge is 0.255 e. The highest BCUT2D eigenvalue weighted by Crippen LogP contribution is 2.21. The lowest BCUT2D eigenvalue weighted by Crippen LogP contribution is -2.23. The van der Waals surface area contributed by atoms with E-state index in [2.05, 4.69) is 10.6 Å². The van der Waals surface area contributed by atoms with E-state index in [1.165, 1.54) is 18.2 Å². The summed E-state index contributed by atoms with van der Waals surface area (Å²) in [5, 5.41) is 6.09. The van der Waals surface area contributed by atoms with Gasteiger partial charge in [0.25, 0.3) is 11.8 Å². The van der Waals surface area contributed by atoms with Crippen LogP contribution in [0.3, 0.4) is 0 Å². The van der Waals surface area contributed by atoms with Crippen LogP contribution in [0.25, 0.3) is 0 Å². The highest BCUT2D eigenvalue weighted by molar-refractivity contribution is 6.31. The fourth-order valence-electron chi connectivity index (χ4n) is 2.61. The molecule has 0 aliphatic carbocycles. The lowest BCUT2D eigenvalue weighted by molar-refractivity contribution is 0.0951. The zero-order valence-corrected chi connectivity index (χ0v) is 15.9. The average Bonchev–Trinajstić information content (AvgIpc) is 2.70. The highest BCUT2D eigenvalue weighted by atomic mass is 35.5. The second kappa shape index (κ2) is 8.67. The van der Waals surface area contributed by atoms with E-state index in [0.29, 0.717) is 21.8 Å². The molecule has 0 fully saturated rings. The van der Waals surface area contributed by atoms with E-state index in [9.17, 15) is 14.0 Å². The number of hydrogen-bond donors (Lipinski definition) is 2. The van der Waals surface area contributed by atoms with Crippen LogP contribution in [0.5, 0.6) is 0 Å². The number of carbonyl (C=O) groups excluding carboxylic acids is 2. The van der Waals surface area contributed by atoms with Crippen molar-refractivity contribution in [3.8, 4) is 0 Å². The molecule has 0 aliphatic rings. The van der Waals surface area contributed by atoms with E-state index in [-0.39, 0.29) is 24.2 Å². The number of amides is 2. The van der Waals surface area contributed by atoms with Crippen molar-refractivity contribution in [3.05, 3.63) is 99.8 Å². The van der Waals surface area contributed by atoms with Gasteiger partial charge in [0.15, 0.2) is 0 Å². The topological polar surface area (TPSA) is 58.2 Å². The molecule has 2 amide bonds. The van der Waals surface area contributed by atoms with E-state index in [0.717, 1.165) is 11.1 Å². The Balaban J connectivity index is 1.68. The third-order valence-corrected chi connectivity index (χ3v) is 4.44. The van der Waals surface area contributed by atoms with Crippen molar-refractivity contribution in [1.82, 2.24) is 5.32 Å².